The van der Waals surface area contributed by atoms with Crippen LogP contribution in [-0.4, -0.2) is 87.4 Å². The van der Waals surface area contributed by atoms with Crippen LogP contribution in [0.4, 0.5) is 0 Å². The van der Waals surface area contributed by atoms with Gasteiger partial charge in [0.15, 0.2) is 6.10 Å². The maximum absolute atomic E-state index is 12.9. The molecule has 0 radical (unpaired) electrons. The minimum absolute atomic E-state index is 0.175. The molecule has 0 rings (SSSR count). The third-order valence-corrected chi connectivity index (χ3v) is 14.6. The first-order valence-electron chi connectivity index (χ1n) is 35.0. The lowest BCUT2D eigenvalue weighted by molar-refractivity contribution is -0.870. The van der Waals surface area contributed by atoms with E-state index in [4.69, 9.17) is 18.9 Å². The number of quaternary nitrogens is 1. The lowest BCUT2D eigenvalue weighted by Gasteiger charge is -2.25. The number of carboxylic acids is 1. The maximum atomic E-state index is 12.9. The van der Waals surface area contributed by atoms with Crippen molar-refractivity contribution in [3.8, 4) is 0 Å². The number of aliphatic carboxylic acids is 1. The van der Waals surface area contributed by atoms with E-state index in [1.807, 2.05) is 21.1 Å². The third-order valence-electron chi connectivity index (χ3n) is 14.6. The summed E-state index contributed by atoms with van der Waals surface area (Å²) in [6, 6.07) is 0. The molecule has 9 heteroatoms. The smallest absolute Gasteiger partial charge is 0.361 e. The second kappa shape index (κ2) is 67.1. The van der Waals surface area contributed by atoms with Gasteiger partial charge in [-0.15, -0.1) is 0 Å². The standard InChI is InChI=1S/C78H129NO8/c1-6-8-10-12-14-16-18-20-22-24-26-28-29-30-31-32-33-34-35-36-37-38-39-40-41-42-43-44-45-46-47-49-51-53-55-57-59-61-63-65-67-69-76(81)87-74(73-86-78(77(82)83)84-71-70-79(3,4)5)72-85-75(80)68-66-64-62-60-58-56-54-52-50-48-27-25-23-21-19-17-15-13-11-9-7-2/h8-11,14-17,20-23,26-28,30-31,33-34,48,52,54,58,60,74,78H,6-7,12-13,18-19,24-25,29,32,35-47,49-51,53,55-57,59,61-73H2,1-5H3/p+1/b10-8-,11-9-,16-14-,17-15-,22-20-,23-21-,28-26-,31-30-,34-33-,48-27-,54-52-,60-58-. The van der Waals surface area contributed by atoms with Crippen molar-refractivity contribution in [1.82, 2.24) is 0 Å². The highest BCUT2D eigenvalue weighted by Crippen LogP contribution is 2.17. The SMILES string of the molecule is CC/C=C\C/C=C\C/C=C\C/C=C\C/C=C\C/C=C\CCCCCCCCCCCCCCCCCCCCCCCCC(=O)OC(COC(=O)CCCC/C=C\C/C=C\C/C=C\C/C=C\C/C=C\C/C=C\CC)COC(OCC[N+](C)(C)C)C(=O)O. The van der Waals surface area contributed by atoms with E-state index in [9.17, 15) is 19.5 Å². The second-order valence-electron chi connectivity index (χ2n) is 24.1. The van der Waals surface area contributed by atoms with Gasteiger partial charge in [-0.05, 0) is 116 Å². The van der Waals surface area contributed by atoms with E-state index >= 15 is 0 Å². The first-order valence-corrected chi connectivity index (χ1v) is 35.0. The summed E-state index contributed by atoms with van der Waals surface area (Å²) in [5.41, 5.74) is 0. The molecule has 0 aromatic rings. The van der Waals surface area contributed by atoms with Crippen LogP contribution >= 0.6 is 0 Å². The van der Waals surface area contributed by atoms with Crippen LogP contribution < -0.4 is 0 Å². The molecule has 0 heterocycles. The number of ether oxygens (including phenoxy) is 4. The quantitative estimate of drug-likeness (QED) is 0.0211. The van der Waals surface area contributed by atoms with Crippen LogP contribution in [0.5, 0.6) is 0 Å². The topological polar surface area (TPSA) is 108 Å². The van der Waals surface area contributed by atoms with Crippen molar-refractivity contribution >= 4 is 17.9 Å². The van der Waals surface area contributed by atoms with E-state index < -0.39 is 24.3 Å². The number of likely N-dealkylation sites (N-methyl/N-ethyl adjacent to an activating group) is 1. The fourth-order valence-electron chi connectivity index (χ4n) is 9.32. The summed E-state index contributed by atoms with van der Waals surface area (Å²) in [5.74, 6) is -2.07. The Morgan fingerprint density at radius 3 is 0.943 bits per heavy atom. The first kappa shape index (κ1) is 82.2. The van der Waals surface area contributed by atoms with Gasteiger partial charge in [0.1, 0.15) is 13.2 Å². The molecule has 1 N–H and O–H groups in total. The highest BCUT2D eigenvalue weighted by Gasteiger charge is 2.25. The number of carboxylic acid groups (broad SMARTS) is 1. The van der Waals surface area contributed by atoms with Gasteiger partial charge in [-0.25, -0.2) is 4.79 Å². The lowest BCUT2D eigenvalue weighted by Crippen LogP contribution is -2.40. The number of hydrogen-bond acceptors (Lipinski definition) is 7. The zero-order chi connectivity index (χ0) is 63.3. The van der Waals surface area contributed by atoms with Crippen molar-refractivity contribution < 1.29 is 42.9 Å². The summed E-state index contributed by atoms with van der Waals surface area (Å²) >= 11 is 0. The minimum Gasteiger partial charge on any atom is -0.477 e. The Morgan fingerprint density at radius 2 is 0.621 bits per heavy atom. The van der Waals surface area contributed by atoms with Gasteiger partial charge in [-0.1, -0.05) is 288 Å². The number of allylic oxidation sites excluding steroid dienone is 24. The number of esters is 2. The molecule has 0 aliphatic carbocycles. The number of rotatable bonds is 63. The summed E-state index contributed by atoms with van der Waals surface area (Å²) in [7, 11) is 5.96. The molecule has 0 amide bonds. The molecule has 2 unspecified atom stereocenters. The average molecular weight is 1210 g/mol. The monoisotopic (exact) mass is 1210 g/mol. The molecule has 0 spiro atoms. The van der Waals surface area contributed by atoms with Gasteiger partial charge in [-0.3, -0.25) is 9.59 Å². The van der Waals surface area contributed by atoms with E-state index in [1.54, 1.807) is 0 Å². The van der Waals surface area contributed by atoms with Crippen LogP contribution in [0.1, 0.15) is 271 Å². The van der Waals surface area contributed by atoms with Crippen LogP contribution in [0.2, 0.25) is 0 Å². The van der Waals surface area contributed by atoms with E-state index in [2.05, 4.69) is 160 Å². The van der Waals surface area contributed by atoms with E-state index in [1.165, 1.54) is 128 Å². The van der Waals surface area contributed by atoms with Crippen LogP contribution in [0, 0.1) is 0 Å². The van der Waals surface area contributed by atoms with Crippen molar-refractivity contribution in [1.29, 1.82) is 0 Å². The van der Waals surface area contributed by atoms with Crippen LogP contribution in [0.25, 0.3) is 0 Å². The number of carbonyl (C=O) groups is 3. The normalized spacial score (nSPS) is 13.6. The predicted octanol–water partition coefficient (Wildman–Crippen LogP) is 21.9. The Bertz CT molecular complexity index is 1940. The van der Waals surface area contributed by atoms with E-state index in [-0.39, 0.29) is 38.6 Å². The molecule has 0 aliphatic rings. The molecular formula is C78H130NO8+. The Morgan fingerprint density at radius 1 is 0.345 bits per heavy atom. The maximum Gasteiger partial charge on any atom is 0.361 e. The summed E-state index contributed by atoms with van der Waals surface area (Å²) in [6.07, 6.45) is 95.5. The van der Waals surface area contributed by atoms with E-state index in [0.29, 0.717) is 23.9 Å². The molecule has 0 bridgehead atoms. The van der Waals surface area contributed by atoms with Gasteiger partial charge in [0.05, 0.1) is 34.4 Å². The molecule has 0 aromatic heterocycles. The van der Waals surface area contributed by atoms with E-state index in [0.717, 1.165) is 103 Å². The van der Waals surface area contributed by atoms with Gasteiger partial charge in [0, 0.05) is 12.8 Å². The number of hydrogen-bond donors (Lipinski definition) is 1. The Labute approximate surface area is 534 Å². The second-order valence-corrected chi connectivity index (χ2v) is 24.1. The molecule has 0 fully saturated rings. The molecule has 0 aromatic carbocycles. The van der Waals surface area contributed by atoms with Gasteiger partial charge >= 0.3 is 17.9 Å². The van der Waals surface area contributed by atoms with Crippen molar-refractivity contribution in [3.63, 3.8) is 0 Å². The number of unbranched alkanes of at least 4 members (excludes halogenated alkanes) is 24. The molecule has 0 saturated heterocycles. The molecule has 2 atom stereocenters. The highest BCUT2D eigenvalue weighted by molar-refractivity contribution is 5.71. The van der Waals surface area contributed by atoms with Crippen LogP contribution in [0.15, 0.2) is 146 Å². The first-order chi connectivity index (χ1) is 42.6. The van der Waals surface area contributed by atoms with Gasteiger partial charge < -0.3 is 28.5 Å². The molecule has 0 aliphatic heterocycles. The minimum atomic E-state index is -1.53. The zero-order valence-corrected chi connectivity index (χ0v) is 56.4. The van der Waals surface area contributed by atoms with Crippen molar-refractivity contribution in [2.45, 2.75) is 283 Å². The third kappa shape index (κ3) is 68.5. The van der Waals surface area contributed by atoms with Crippen molar-refractivity contribution in [2.75, 3.05) is 47.5 Å². The fourth-order valence-corrected chi connectivity index (χ4v) is 9.32. The predicted molar refractivity (Wildman–Crippen MR) is 373 cm³/mol. The fraction of sp³-hybridized carbons (Fsp3) is 0.654. The summed E-state index contributed by atoms with van der Waals surface area (Å²) in [5, 5.41) is 9.73. The van der Waals surface area contributed by atoms with Crippen molar-refractivity contribution in [3.05, 3.63) is 146 Å². The Hall–Kier alpha value is -4.83. The Balaban J connectivity index is 4.07. The summed E-state index contributed by atoms with van der Waals surface area (Å²) in [6.45, 7) is 4.60. The molecule has 87 heavy (non-hydrogen) atoms. The number of nitrogens with zero attached hydrogens (tertiary/aromatic N) is 1. The zero-order valence-electron chi connectivity index (χ0n) is 56.4. The number of carbonyl (C=O) groups excluding carboxylic acids is 2. The van der Waals surface area contributed by atoms with Crippen LogP contribution in [0.3, 0.4) is 0 Å². The van der Waals surface area contributed by atoms with Gasteiger partial charge in [-0.2, -0.15) is 0 Å². The molecule has 9 nitrogen and oxygen atoms in total. The molecule has 0 saturated carbocycles. The van der Waals surface area contributed by atoms with Gasteiger partial charge in [0.25, 0.3) is 6.29 Å². The summed E-state index contributed by atoms with van der Waals surface area (Å²) < 4.78 is 22.9. The van der Waals surface area contributed by atoms with Crippen LogP contribution in [-0.2, 0) is 33.3 Å². The molecule has 494 valence electrons. The highest BCUT2D eigenvalue weighted by atomic mass is 16.7. The van der Waals surface area contributed by atoms with Gasteiger partial charge in [0.2, 0.25) is 0 Å². The summed E-state index contributed by atoms with van der Waals surface area (Å²) in [4.78, 5) is 37.6. The van der Waals surface area contributed by atoms with Crippen molar-refractivity contribution in [2.24, 2.45) is 0 Å². The average Bonchev–Trinajstić information content (AvgIpc) is 3.59. The largest absolute Gasteiger partial charge is 0.477 e. The lowest BCUT2D eigenvalue weighted by atomic mass is 10.0. The molecular weight excluding hydrogens is 1080 g/mol. The Kier molecular flexibility index (Phi) is 63.4.